The molecule has 0 aliphatic rings. The van der Waals surface area contributed by atoms with Gasteiger partial charge in [-0.1, -0.05) is 13.8 Å². The third-order valence-corrected chi connectivity index (χ3v) is 2.46. The maximum absolute atomic E-state index is 5.62. The number of hydrogen-bond donors (Lipinski definition) is 2. The lowest BCUT2D eigenvalue weighted by Crippen LogP contribution is -2.04. The summed E-state index contributed by atoms with van der Waals surface area (Å²) in [6.07, 6.45) is 3.78. The van der Waals surface area contributed by atoms with Crippen LogP contribution in [0.3, 0.4) is 0 Å². The molecule has 0 amide bonds. The smallest absolute Gasteiger partial charge is 0.229 e. The molecule has 2 aromatic heterocycles. The Morgan fingerprint density at radius 2 is 2.24 bits per heavy atom. The monoisotopic (exact) mass is 235 g/mol. The molecule has 6 heteroatoms. The molecule has 0 saturated carbocycles. The second-order valence-electron chi connectivity index (χ2n) is 4.40. The second kappa shape index (κ2) is 4.99. The first-order chi connectivity index (χ1) is 8.16. The van der Waals surface area contributed by atoms with Crippen molar-refractivity contribution in [2.45, 2.75) is 26.7 Å². The second-order valence-corrected chi connectivity index (χ2v) is 4.40. The molecule has 0 saturated heterocycles. The zero-order valence-electron chi connectivity index (χ0n) is 10.1. The zero-order valence-corrected chi connectivity index (χ0v) is 10.1. The number of nitrogens with zero attached hydrogens (tertiary/aromatic N) is 3. The van der Waals surface area contributed by atoms with E-state index in [1.165, 1.54) is 0 Å². The standard InChI is InChI=1S/C11H17N5O/c1-7(2)4-3-5-17-10-8-6-13-16-9(8)14-11(12)15-10/h6-7H,3-5H2,1-2H3,(H3,12,13,14,15,16). The highest BCUT2D eigenvalue weighted by atomic mass is 16.5. The van der Waals surface area contributed by atoms with E-state index in [9.17, 15) is 0 Å². The van der Waals surface area contributed by atoms with E-state index in [0.717, 1.165) is 18.2 Å². The summed E-state index contributed by atoms with van der Waals surface area (Å²) in [6, 6.07) is 0. The number of fused-ring (bicyclic) bond motifs is 1. The van der Waals surface area contributed by atoms with Gasteiger partial charge < -0.3 is 10.5 Å². The fraction of sp³-hybridized carbons (Fsp3) is 0.545. The molecule has 0 radical (unpaired) electrons. The first-order valence-electron chi connectivity index (χ1n) is 5.76. The van der Waals surface area contributed by atoms with Gasteiger partial charge in [0.1, 0.15) is 5.39 Å². The molecular weight excluding hydrogens is 218 g/mol. The topological polar surface area (TPSA) is 89.7 Å². The van der Waals surface area contributed by atoms with Gasteiger partial charge in [0.05, 0.1) is 12.8 Å². The Labute approximate surface area is 99.6 Å². The molecule has 0 aromatic carbocycles. The van der Waals surface area contributed by atoms with Crippen molar-refractivity contribution in [3.8, 4) is 5.88 Å². The van der Waals surface area contributed by atoms with Crippen LogP contribution in [0.2, 0.25) is 0 Å². The van der Waals surface area contributed by atoms with E-state index >= 15 is 0 Å². The molecule has 0 aliphatic heterocycles. The molecule has 6 nitrogen and oxygen atoms in total. The molecular formula is C11H17N5O. The minimum atomic E-state index is 0.195. The maximum Gasteiger partial charge on any atom is 0.229 e. The van der Waals surface area contributed by atoms with Crippen molar-refractivity contribution < 1.29 is 4.74 Å². The van der Waals surface area contributed by atoms with Gasteiger partial charge in [-0.25, -0.2) is 0 Å². The lowest BCUT2D eigenvalue weighted by molar-refractivity contribution is 0.291. The van der Waals surface area contributed by atoms with Crippen molar-refractivity contribution in [3.05, 3.63) is 6.20 Å². The molecule has 17 heavy (non-hydrogen) atoms. The molecule has 0 spiro atoms. The van der Waals surface area contributed by atoms with E-state index in [-0.39, 0.29) is 5.95 Å². The molecule has 0 fully saturated rings. The number of nitrogen functional groups attached to an aromatic ring is 1. The zero-order chi connectivity index (χ0) is 12.3. The van der Waals surface area contributed by atoms with Gasteiger partial charge in [0.15, 0.2) is 5.65 Å². The van der Waals surface area contributed by atoms with Crippen LogP contribution in [0.25, 0.3) is 11.0 Å². The molecule has 0 atom stereocenters. The van der Waals surface area contributed by atoms with E-state index in [0.29, 0.717) is 24.1 Å². The van der Waals surface area contributed by atoms with Gasteiger partial charge in [0.25, 0.3) is 0 Å². The van der Waals surface area contributed by atoms with Crippen LogP contribution in [0, 0.1) is 5.92 Å². The molecule has 0 aliphatic carbocycles. The summed E-state index contributed by atoms with van der Waals surface area (Å²) in [5.41, 5.74) is 6.19. The minimum Gasteiger partial charge on any atom is -0.477 e. The van der Waals surface area contributed by atoms with E-state index in [1.54, 1.807) is 6.20 Å². The highest BCUT2D eigenvalue weighted by molar-refractivity contribution is 5.80. The molecule has 0 unspecified atom stereocenters. The lowest BCUT2D eigenvalue weighted by Gasteiger charge is -2.07. The van der Waals surface area contributed by atoms with Gasteiger partial charge in [0.2, 0.25) is 11.8 Å². The van der Waals surface area contributed by atoms with Crippen LogP contribution in [-0.4, -0.2) is 26.8 Å². The third kappa shape index (κ3) is 2.83. The van der Waals surface area contributed by atoms with Crippen LogP contribution < -0.4 is 10.5 Å². The fourth-order valence-electron chi connectivity index (χ4n) is 1.60. The van der Waals surface area contributed by atoms with Crippen molar-refractivity contribution in [3.63, 3.8) is 0 Å². The van der Waals surface area contributed by atoms with E-state index in [2.05, 4.69) is 34.0 Å². The molecule has 2 aromatic rings. The number of aromatic amines is 1. The van der Waals surface area contributed by atoms with Gasteiger partial charge in [-0.3, -0.25) is 5.10 Å². The van der Waals surface area contributed by atoms with Crippen LogP contribution in [0.4, 0.5) is 5.95 Å². The third-order valence-electron chi connectivity index (χ3n) is 2.46. The summed E-state index contributed by atoms with van der Waals surface area (Å²) in [5, 5.41) is 7.41. The summed E-state index contributed by atoms with van der Waals surface area (Å²) in [4.78, 5) is 8.10. The maximum atomic E-state index is 5.62. The largest absolute Gasteiger partial charge is 0.477 e. The molecule has 2 heterocycles. The van der Waals surface area contributed by atoms with Crippen molar-refractivity contribution in [2.75, 3.05) is 12.3 Å². The summed E-state index contributed by atoms with van der Waals surface area (Å²) < 4.78 is 5.62. The molecule has 0 bridgehead atoms. The first kappa shape index (κ1) is 11.6. The highest BCUT2D eigenvalue weighted by Gasteiger charge is 2.08. The Morgan fingerprint density at radius 1 is 1.41 bits per heavy atom. The number of ether oxygens (including phenoxy) is 1. The number of aromatic nitrogens is 4. The normalized spacial score (nSPS) is 11.2. The Bertz CT molecular complexity index is 494. The predicted molar refractivity (Wildman–Crippen MR) is 65.7 cm³/mol. The summed E-state index contributed by atoms with van der Waals surface area (Å²) in [5.74, 6) is 1.38. The van der Waals surface area contributed by atoms with Gasteiger partial charge >= 0.3 is 0 Å². The van der Waals surface area contributed by atoms with Gasteiger partial charge in [-0.15, -0.1) is 0 Å². The lowest BCUT2D eigenvalue weighted by atomic mass is 10.1. The Balaban J connectivity index is 2.04. The molecule has 3 N–H and O–H groups in total. The average molecular weight is 235 g/mol. The average Bonchev–Trinajstić information content (AvgIpc) is 2.71. The number of H-pyrrole nitrogens is 1. The van der Waals surface area contributed by atoms with E-state index < -0.39 is 0 Å². The van der Waals surface area contributed by atoms with Crippen molar-refractivity contribution >= 4 is 17.0 Å². The van der Waals surface area contributed by atoms with Crippen molar-refractivity contribution in [1.82, 2.24) is 20.2 Å². The van der Waals surface area contributed by atoms with Crippen molar-refractivity contribution in [1.29, 1.82) is 0 Å². The Morgan fingerprint density at radius 3 is 3.00 bits per heavy atom. The van der Waals surface area contributed by atoms with E-state index in [4.69, 9.17) is 10.5 Å². The van der Waals surface area contributed by atoms with Crippen LogP contribution in [0.15, 0.2) is 6.20 Å². The number of nitrogens with two attached hydrogens (primary N) is 1. The van der Waals surface area contributed by atoms with Gasteiger partial charge in [0, 0.05) is 0 Å². The van der Waals surface area contributed by atoms with Crippen molar-refractivity contribution in [2.24, 2.45) is 5.92 Å². The quantitative estimate of drug-likeness (QED) is 0.770. The number of anilines is 1. The number of nitrogens with one attached hydrogen (secondary N) is 1. The van der Waals surface area contributed by atoms with Crippen LogP contribution in [-0.2, 0) is 0 Å². The summed E-state index contributed by atoms with van der Waals surface area (Å²) in [6.45, 7) is 5.02. The Hall–Kier alpha value is -1.85. The van der Waals surface area contributed by atoms with Crippen LogP contribution in [0.5, 0.6) is 5.88 Å². The highest BCUT2D eigenvalue weighted by Crippen LogP contribution is 2.21. The van der Waals surface area contributed by atoms with Crippen LogP contribution in [0.1, 0.15) is 26.7 Å². The summed E-state index contributed by atoms with van der Waals surface area (Å²) in [7, 11) is 0. The van der Waals surface area contributed by atoms with E-state index in [1.807, 2.05) is 0 Å². The minimum absolute atomic E-state index is 0.195. The van der Waals surface area contributed by atoms with Crippen LogP contribution >= 0.6 is 0 Å². The fourth-order valence-corrected chi connectivity index (χ4v) is 1.60. The van der Waals surface area contributed by atoms with Gasteiger partial charge in [-0.2, -0.15) is 15.1 Å². The molecule has 92 valence electrons. The number of rotatable bonds is 5. The molecule has 2 rings (SSSR count). The summed E-state index contributed by atoms with van der Waals surface area (Å²) >= 11 is 0. The SMILES string of the molecule is CC(C)CCCOc1nc(N)nc2[nH]ncc12. The predicted octanol–water partition coefficient (Wildman–Crippen LogP) is 1.75. The number of hydrogen-bond acceptors (Lipinski definition) is 5. The van der Waals surface area contributed by atoms with Gasteiger partial charge in [-0.05, 0) is 18.8 Å². The Kier molecular flexibility index (Phi) is 3.41. The first-order valence-corrected chi connectivity index (χ1v) is 5.76.